The van der Waals surface area contributed by atoms with Crippen molar-refractivity contribution in [3.63, 3.8) is 0 Å². The van der Waals surface area contributed by atoms with Crippen molar-refractivity contribution in [2.75, 3.05) is 13.7 Å². The average molecular weight is 402 g/mol. The van der Waals surface area contributed by atoms with E-state index in [4.69, 9.17) is 14.6 Å². The summed E-state index contributed by atoms with van der Waals surface area (Å²) in [5.74, 6) is -0.400. The molecule has 0 spiro atoms. The molecule has 0 aliphatic carbocycles. The van der Waals surface area contributed by atoms with E-state index in [2.05, 4.69) is 22.0 Å². The van der Waals surface area contributed by atoms with Crippen molar-refractivity contribution in [1.29, 1.82) is 5.26 Å². The first-order valence-corrected chi connectivity index (χ1v) is 8.15. The molecule has 25 heavy (non-hydrogen) atoms. The van der Waals surface area contributed by atoms with Gasteiger partial charge >= 0.3 is 5.97 Å². The first kappa shape index (κ1) is 18.6. The Hall–Kier alpha value is -2.78. The number of nitriles is 1. The molecule has 0 saturated heterocycles. The Kier molecular flexibility index (Phi) is 6.20. The lowest BCUT2D eigenvalue weighted by atomic mass is 10.0. The molecule has 0 unspecified atom stereocenters. The van der Waals surface area contributed by atoms with Crippen LogP contribution >= 0.6 is 15.9 Å². The molecule has 0 amide bonds. The van der Waals surface area contributed by atoms with Crippen LogP contribution in [-0.4, -0.2) is 24.8 Å². The van der Waals surface area contributed by atoms with Crippen molar-refractivity contribution < 1.29 is 19.4 Å². The highest BCUT2D eigenvalue weighted by Gasteiger charge is 2.13. The van der Waals surface area contributed by atoms with E-state index >= 15 is 0 Å². The van der Waals surface area contributed by atoms with Gasteiger partial charge in [0.1, 0.15) is 0 Å². The van der Waals surface area contributed by atoms with Crippen LogP contribution < -0.4 is 9.47 Å². The molecule has 0 radical (unpaired) electrons. The van der Waals surface area contributed by atoms with Gasteiger partial charge in [-0.3, -0.25) is 0 Å². The van der Waals surface area contributed by atoms with Crippen LogP contribution in [-0.2, 0) is 4.79 Å². The summed E-state index contributed by atoms with van der Waals surface area (Å²) in [5, 5.41) is 18.2. The number of ether oxygens (including phenoxy) is 2. The third kappa shape index (κ3) is 4.85. The predicted octanol–water partition coefficient (Wildman–Crippen LogP) is 4.29. The number of methoxy groups -OCH3 is 1. The third-order valence-corrected chi connectivity index (χ3v) is 3.97. The molecule has 0 aliphatic heterocycles. The number of rotatable bonds is 6. The largest absolute Gasteiger partial charge is 0.493 e. The monoisotopic (exact) mass is 401 g/mol. The van der Waals surface area contributed by atoms with E-state index < -0.39 is 12.6 Å². The minimum absolute atomic E-state index is 0.302. The number of hydrogen-bond donors (Lipinski definition) is 1. The Bertz CT molecular complexity index is 851. The summed E-state index contributed by atoms with van der Waals surface area (Å²) in [5.41, 5.74) is 3.16. The summed E-state index contributed by atoms with van der Waals surface area (Å²) in [7, 11) is 1.47. The number of carboxylic acid groups (broad SMARTS) is 1. The second kappa shape index (κ2) is 8.36. The molecule has 0 aromatic heterocycles. The van der Waals surface area contributed by atoms with Crippen molar-refractivity contribution in [3.05, 3.63) is 57.6 Å². The molecule has 6 heteroatoms. The average Bonchev–Trinajstić information content (AvgIpc) is 2.59. The number of nitrogens with zero attached hydrogens (tertiary/aromatic N) is 1. The Morgan fingerprint density at radius 1 is 1.32 bits per heavy atom. The number of benzene rings is 2. The number of halogens is 1. The molecule has 0 atom stereocenters. The predicted molar refractivity (Wildman–Crippen MR) is 98.5 cm³/mol. The van der Waals surface area contributed by atoms with Gasteiger partial charge in [0.2, 0.25) is 0 Å². The van der Waals surface area contributed by atoms with E-state index in [1.165, 1.54) is 7.11 Å². The minimum atomic E-state index is -1.08. The van der Waals surface area contributed by atoms with Gasteiger partial charge in [-0.15, -0.1) is 0 Å². The third-order valence-electron chi connectivity index (χ3n) is 3.39. The van der Waals surface area contributed by atoms with E-state index in [1.807, 2.05) is 31.2 Å². The van der Waals surface area contributed by atoms with Crippen molar-refractivity contribution in [2.45, 2.75) is 6.92 Å². The minimum Gasteiger partial charge on any atom is -0.493 e. The Balaban J connectivity index is 2.41. The standard InChI is InChI=1S/C19H16BrNO4/c1-12-3-5-14(6-4-12)15(10-21)7-13-8-16(20)19(17(9-13)24-2)25-11-18(22)23/h3-9H,11H2,1-2H3,(H,22,23)/b15-7-. The topological polar surface area (TPSA) is 79.5 Å². The van der Waals surface area contributed by atoms with Crippen LogP contribution in [0.1, 0.15) is 16.7 Å². The SMILES string of the molecule is COc1cc(/C=C(/C#N)c2ccc(C)cc2)cc(Br)c1OCC(=O)O. The zero-order chi connectivity index (χ0) is 18.4. The Morgan fingerprint density at radius 3 is 2.56 bits per heavy atom. The van der Waals surface area contributed by atoms with Gasteiger partial charge in [0.05, 0.1) is 23.2 Å². The summed E-state index contributed by atoms with van der Waals surface area (Å²) in [6, 6.07) is 13.3. The van der Waals surface area contributed by atoms with Crippen molar-refractivity contribution in [3.8, 4) is 17.6 Å². The molecule has 0 saturated carbocycles. The lowest BCUT2D eigenvalue weighted by Crippen LogP contribution is -2.10. The Labute approximate surface area is 154 Å². The molecular formula is C19H16BrNO4. The maximum Gasteiger partial charge on any atom is 0.341 e. The molecule has 1 N–H and O–H groups in total. The Morgan fingerprint density at radius 2 is 2.00 bits per heavy atom. The van der Waals surface area contributed by atoms with E-state index in [0.717, 1.165) is 16.7 Å². The summed E-state index contributed by atoms with van der Waals surface area (Å²) >= 11 is 3.36. The van der Waals surface area contributed by atoms with E-state index in [-0.39, 0.29) is 0 Å². The van der Waals surface area contributed by atoms with Crippen LogP contribution in [0.15, 0.2) is 40.9 Å². The van der Waals surface area contributed by atoms with Gasteiger partial charge in [0.15, 0.2) is 18.1 Å². The van der Waals surface area contributed by atoms with E-state index in [1.54, 1.807) is 18.2 Å². The molecule has 2 aromatic rings. The fourth-order valence-electron chi connectivity index (χ4n) is 2.18. The van der Waals surface area contributed by atoms with Gasteiger partial charge in [0, 0.05) is 0 Å². The van der Waals surface area contributed by atoms with Gasteiger partial charge in [-0.25, -0.2) is 4.79 Å². The number of carboxylic acids is 1. The molecule has 0 aliphatic rings. The second-order valence-electron chi connectivity index (χ2n) is 5.25. The maximum atomic E-state index is 10.7. The van der Waals surface area contributed by atoms with Crippen LogP contribution in [0.25, 0.3) is 11.6 Å². The molecule has 2 aromatic carbocycles. The van der Waals surface area contributed by atoms with Crippen LogP contribution in [0.2, 0.25) is 0 Å². The number of hydrogen-bond acceptors (Lipinski definition) is 4. The zero-order valence-electron chi connectivity index (χ0n) is 13.7. The van der Waals surface area contributed by atoms with Crippen molar-refractivity contribution in [1.82, 2.24) is 0 Å². The maximum absolute atomic E-state index is 10.7. The number of carbonyl (C=O) groups is 1. The van der Waals surface area contributed by atoms with Crippen LogP contribution in [0.5, 0.6) is 11.5 Å². The first-order valence-electron chi connectivity index (χ1n) is 7.35. The lowest BCUT2D eigenvalue weighted by Gasteiger charge is -2.12. The first-order chi connectivity index (χ1) is 11.9. The molecule has 0 fully saturated rings. The van der Waals surface area contributed by atoms with Crippen LogP contribution in [0.3, 0.4) is 0 Å². The normalized spacial score (nSPS) is 10.9. The summed E-state index contributed by atoms with van der Waals surface area (Å²) in [4.78, 5) is 10.7. The highest BCUT2D eigenvalue weighted by molar-refractivity contribution is 9.10. The van der Waals surface area contributed by atoms with Crippen LogP contribution in [0.4, 0.5) is 0 Å². The lowest BCUT2D eigenvalue weighted by molar-refractivity contribution is -0.139. The quantitative estimate of drug-likeness (QED) is 0.576. The van der Waals surface area contributed by atoms with Gasteiger partial charge in [0.25, 0.3) is 0 Å². The molecule has 5 nitrogen and oxygen atoms in total. The van der Waals surface area contributed by atoms with Crippen molar-refractivity contribution in [2.24, 2.45) is 0 Å². The van der Waals surface area contributed by atoms with Gasteiger partial charge < -0.3 is 14.6 Å². The fourth-order valence-corrected chi connectivity index (χ4v) is 2.75. The fraction of sp³-hybridized carbons (Fsp3) is 0.158. The van der Waals surface area contributed by atoms with Gasteiger partial charge in [-0.2, -0.15) is 5.26 Å². The second-order valence-corrected chi connectivity index (χ2v) is 6.11. The highest BCUT2D eigenvalue weighted by atomic mass is 79.9. The molecule has 128 valence electrons. The smallest absolute Gasteiger partial charge is 0.341 e. The molecule has 0 bridgehead atoms. The molecule has 2 rings (SSSR count). The summed E-state index contributed by atoms with van der Waals surface area (Å²) in [6.45, 7) is 1.51. The zero-order valence-corrected chi connectivity index (χ0v) is 15.3. The van der Waals surface area contributed by atoms with Gasteiger partial charge in [-0.05, 0) is 52.2 Å². The van der Waals surface area contributed by atoms with Gasteiger partial charge in [-0.1, -0.05) is 29.8 Å². The summed E-state index contributed by atoms with van der Waals surface area (Å²) in [6.07, 6.45) is 1.74. The number of aliphatic carboxylic acids is 1. The number of allylic oxidation sites excluding steroid dienone is 1. The molecule has 0 heterocycles. The van der Waals surface area contributed by atoms with E-state index in [0.29, 0.717) is 21.5 Å². The summed E-state index contributed by atoms with van der Waals surface area (Å²) < 4.78 is 11.1. The van der Waals surface area contributed by atoms with Crippen molar-refractivity contribution >= 4 is 33.5 Å². The van der Waals surface area contributed by atoms with E-state index in [9.17, 15) is 10.1 Å². The number of aryl methyl sites for hydroxylation is 1. The van der Waals surface area contributed by atoms with Crippen LogP contribution in [0, 0.1) is 18.3 Å². The highest BCUT2D eigenvalue weighted by Crippen LogP contribution is 2.37. The molecular weight excluding hydrogens is 386 g/mol.